The van der Waals surface area contributed by atoms with E-state index in [2.05, 4.69) is 9.98 Å². The van der Waals surface area contributed by atoms with Crippen LogP contribution in [0.3, 0.4) is 0 Å². The van der Waals surface area contributed by atoms with Gasteiger partial charge in [-0.2, -0.15) is 0 Å². The number of nitrogens with zero attached hydrogens (tertiary/aromatic N) is 2. The average Bonchev–Trinajstić information content (AvgIpc) is 3.28. The SMILES string of the molecule is COCCOc1cc(N)c2[nH]c(C3=NCC(CC(=O)N4CC(OC)C4)S3)cc2c1. The van der Waals surface area contributed by atoms with Gasteiger partial charge in [-0.1, -0.05) is 11.8 Å². The Kier molecular flexibility index (Phi) is 5.98. The standard InChI is InChI=1S/C20H26N4O4S/c1-26-3-4-28-13-5-12-6-17(23-19(12)16(21)7-13)20-22-9-15(29-20)8-18(25)24-10-14(11-24)27-2/h5-7,14-15,23H,3-4,8-11,21H2,1-2H3. The molecule has 29 heavy (non-hydrogen) atoms. The second-order valence-electron chi connectivity index (χ2n) is 7.25. The topological polar surface area (TPSA) is 102 Å². The Morgan fingerprint density at radius 3 is 2.90 bits per heavy atom. The van der Waals surface area contributed by atoms with Crippen LogP contribution in [0.2, 0.25) is 0 Å². The number of aliphatic imine (C=N–C) groups is 1. The fourth-order valence-electron chi connectivity index (χ4n) is 3.47. The van der Waals surface area contributed by atoms with Crippen molar-refractivity contribution in [3.8, 4) is 5.75 Å². The molecule has 1 saturated heterocycles. The third kappa shape index (κ3) is 4.36. The number of benzene rings is 1. The molecule has 1 atom stereocenters. The number of rotatable bonds is 8. The highest BCUT2D eigenvalue weighted by molar-refractivity contribution is 8.15. The van der Waals surface area contributed by atoms with Gasteiger partial charge >= 0.3 is 0 Å². The first-order valence-corrected chi connectivity index (χ1v) is 10.5. The Morgan fingerprint density at radius 2 is 2.14 bits per heavy atom. The van der Waals surface area contributed by atoms with Gasteiger partial charge in [0, 0.05) is 50.4 Å². The summed E-state index contributed by atoms with van der Waals surface area (Å²) < 4.78 is 15.9. The largest absolute Gasteiger partial charge is 0.491 e. The number of methoxy groups -OCH3 is 2. The van der Waals surface area contributed by atoms with E-state index < -0.39 is 0 Å². The molecule has 1 unspecified atom stereocenters. The molecule has 2 aliphatic heterocycles. The van der Waals surface area contributed by atoms with Gasteiger partial charge in [-0.05, 0) is 12.1 Å². The predicted molar refractivity (Wildman–Crippen MR) is 115 cm³/mol. The van der Waals surface area contributed by atoms with Crippen molar-refractivity contribution >= 4 is 39.3 Å². The van der Waals surface area contributed by atoms with Crippen LogP contribution in [0.1, 0.15) is 12.1 Å². The van der Waals surface area contributed by atoms with E-state index in [1.165, 1.54) is 0 Å². The van der Waals surface area contributed by atoms with E-state index in [-0.39, 0.29) is 17.3 Å². The minimum absolute atomic E-state index is 0.163. The summed E-state index contributed by atoms with van der Waals surface area (Å²) in [6.45, 7) is 3.02. The van der Waals surface area contributed by atoms with Crippen LogP contribution in [0.25, 0.3) is 10.9 Å². The van der Waals surface area contributed by atoms with E-state index in [1.54, 1.807) is 26.0 Å². The molecule has 2 aromatic rings. The molecule has 3 heterocycles. The van der Waals surface area contributed by atoms with Crippen molar-refractivity contribution in [2.24, 2.45) is 4.99 Å². The van der Waals surface area contributed by atoms with Gasteiger partial charge in [0.05, 0.1) is 36.2 Å². The summed E-state index contributed by atoms with van der Waals surface area (Å²) in [7, 11) is 3.32. The maximum absolute atomic E-state index is 12.4. The summed E-state index contributed by atoms with van der Waals surface area (Å²) in [6.07, 6.45) is 0.677. The van der Waals surface area contributed by atoms with Gasteiger partial charge in [-0.3, -0.25) is 9.79 Å². The number of thioether (sulfide) groups is 1. The van der Waals surface area contributed by atoms with Gasteiger partial charge < -0.3 is 29.8 Å². The highest BCUT2D eigenvalue weighted by Gasteiger charge is 2.33. The highest BCUT2D eigenvalue weighted by atomic mass is 32.2. The number of anilines is 1. The summed E-state index contributed by atoms with van der Waals surface area (Å²) in [5, 5.41) is 2.05. The van der Waals surface area contributed by atoms with Crippen molar-refractivity contribution < 1.29 is 19.0 Å². The lowest BCUT2D eigenvalue weighted by Gasteiger charge is -2.38. The number of carbonyl (C=O) groups excluding carboxylic acids is 1. The van der Waals surface area contributed by atoms with Crippen LogP contribution in [0.4, 0.5) is 5.69 Å². The molecule has 1 amide bonds. The lowest BCUT2D eigenvalue weighted by Crippen LogP contribution is -2.54. The normalized spacial score (nSPS) is 19.4. The van der Waals surface area contributed by atoms with Crippen molar-refractivity contribution in [2.45, 2.75) is 17.8 Å². The summed E-state index contributed by atoms with van der Waals surface area (Å²) in [4.78, 5) is 22.2. The van der Waals surface area contributed by atoms with E-state index in [1.807, 2.05) is 23.1 Å². The maximum atomic E-state index is 12.4. The molecule has 1 aromatic heterocycles. The van der Waals surface area contributed by atoms with Crippen LogP contribution in [-0.4, -0.2) is 79.3 Å². The van der Waals surface area contributed by atoms with E-state index in [9.17, 15) is 4.79 Å². The maximum Gasteiger partial charge on any atom is 0.223 e. The Labute approximate surface area is 173 Å². The van der Waals surface area contributed by atoms with Crippen molar-refractivity contribution in [2.75, 3.05) is 52.8 Å². The zero-order valence-corrected chi connectivity index (χ0v) is 17.5. The van der Waals surface area contributed by atoms with Gasteiger partial charge in [0.15, 0.2) is 0 Å². The molecule has 0 saturated carbocycles. The van der Waals surface area contributed by atoms with E-state index in [4.69, 9.17) is 19.9 Å². The Hall–Kier alpha value is -2.23. The molecule has 156 valence electrons. The summed E-state index contributed by atoms with van der Waals surface area (Å²) in [5.74, 6) is 0.886. The number of amides is 1. The molecule has 1 fully saturated rings. The number of aromatic nitrogens is 1. The third-order valence-corrected chi connectivity index (χ3v) is 6.39. The first-order valence-electron chi connectivity index (χ1n) is 9.63. The number of fused-ring (bicyclic) bond motifs is 1. The van der Waals surface area contributed by atoms with Crippen molar-refractivity contribution in [1.29, 1.82) is 0 Å². The quantitative estimate of drug-likeness (QED) is 0.501. The molecule has 0 spiro atoms. The number of hydrogen-bond donors (Lipinski definition) is 2. The molecular weight excluding hydrogens is 392 g/mol. The lowest BCUT2D eigenvalue weighted by molar-refractivity contribution is -0.142. The molecule has 8 nitrogen and oxygen atoms in total. The number of nitrogens with one attached hydrogen (secondary N) is 1. The number of nitrogens with two attached hydrogens (primary N) is 1. The van der Waals surface area contributed by atoms with Crippen LogP contribution in [0, 0.1) is 0 Å². The predicted octanol–water partition coefficient (Wildman–Crippen LogP) is 1.88. The zero-order valence-electron chi connectivity index (χ0n) is 16.6. The lowest BCUT2D eigenvalue weighted by atomic mass is 10.1. The molecule has 4 rings (SSSR count). The number of H-pyrrole nitrogens is 1. The summed E-state index contributed by atoms with van der Waals surface area (Å²) in [5.41, 5.74) is 8.61. The van der Waals surface area contributed by atoms with Crippen molar-refractivity contribution in [3.05, 3.63) is 23.9 Å². The third-order valence-electron chi connectivity index (χ3n) is 5.17. The molecule has 3 N–H and O–H groups in total. The molecule has 0 aliphatic carbocycles. The van der Waals surface area contributed by atoms with Gasteiger partial charge in [0.25, 0.3) is 0 Å². The average molecular weight is 419 g/mol. The Morgan fingerprint density at radius 1 is 1.31 bits per heavy atom. The zero-order chi connectivity index (χ0) is 20.4. The molecule has 0 radical (unpaired) electrons. The first kappa shape index (κ1) is 20.1. The van der Waals surface area contributed by atoms with Gasteiger partial charge in [-0.15, -0.1) is 0 Å². The molecule has 0 bridgehead atoms. The Balaban J connectivity index is 1.38. The molecule has 9 heteroatoms. The smallest absolute Gasteiger partial charge is 0.223 e. The van der Waals surface area contributed by atoms with Crippen molar-refractivity contribution in [1.82, 2.24) is 9.88 Å². The van der Waals surface area contributed by atoms with Gasteiger partial charge in [0.1, 0.15) is 17.4 Å². The van der Waals surface area contributed by atoms with Gasteiger partial charge in [-0.25, -0.2) is 0 Å². The van der Waals surface area contributed by atoms with Crippen LogP contribution in [0.15, 0.2) is 23.2 Å². The number of carbonyl (C=O) groups is 1. The first-order chi connectivity index (χ1) is 14.1. The van der Waals surface area contributed by atoms with Crippen LogP contribution < -0.4 is 10.5 Å². The fraction of sp³-hybridized carbons (Fsp3) is 0.500. The van der Waals surface area contributed by atoms with Crippen LogP contribution in [0.5, 0.6) is 5.75 Å². The van der Waals surface area contributed by atoms with E-state index >= 15 is 0 Å². The number of hydrogen-bond acceptors (Lipinski definition) is 7. The number of nitrogen functional groups attached to an aromatic ring is 1. The highest BCUT2D eigenvalue weighted by Crippen LogP contribution is 2.33. The second-order valence-corrected chi connectivity index (χ2v) is 8.54. The van der Waals surface area contributed by atoms with Crippen LogP contribution in [-0.2, 0) is 14.3 Å². The monoisotopic (exact) mass is 418 g/mol. The molecular formula is C20H26N4O4S. The number of aromatic amines is 1. The second kappa shape index (κ2) is 8.64. The minimum atomic E-state index is 0.163. The van der Waals surface area contributed by atoms with Crippen LogP contribution >= 0.6 is 11.8 Å². The fourth-order valence-corrected chi connectivity index (χ4v) is 4.55. The van der Waals surface area contributed by atoms with E-state index in [0.717, 1.165) is 21.6 Å². The Bertz CT molecular complexity index is 923. The van der Waals surface area contributed by atoms with Gasteiger partial charge in [0.2, 0.25) is 5.91 Å². The van der Waals surface area contributed by atoms with Crippen molar-refractivity contribution in [3.63, 3.8) is 0 Å². The number of ether oxygens (including phenoxy) is 3. The van der Waals surface area contributed by atoms with E-state index in [0.29, 0.717) is 50.7 Å². The molecule has 1 aromatic carbocycles. The summed E-state index contributed by atoms with van der Waals surface area (Å²) in [6, 6.07) is 5.80. The number of likely N-dealkylation sites (tertiary alicyclic amines) is 1. The summed E-state index contributed by atoms with van der Waals surface area (Å²) >= 11 is 1.64. The minimum Gasteiger partial charge on any atom is -0.491 e. The molecule has 2 aliphatic rings.